The van der Waals surface area contributed by atoms with Gasteiger partial charge in [-0.15, -0.1) is 0 Å². The first-order valence-corrected chi connectivity index (χ1v) is 14.8. The largest absolute Gasteiger partial charge is 0.508 e. The van der Waals surface area contributed by atoms with Gasteiger partial charge in [-0.05, 0) is 88.4 Å². The summed E-state index contributed by atoms with van der Waals surface area (Å²) in [5.74, 6) is -0.789. The molecule has 3 aromatic rings. The molecule has 0 aliphatic heterocycles. The summed E-state index contributed by atoms with van der Waals surface area (Å²) in [5.41, 5.74) is 3.71. The number of amides is 3. The summed E-state index contributed by atoms with van der Waals surface area (Å²) in [5, 5.41) is 15.9. The smallest absolute Gasteiger partial charge is 0.408 e. The Kier molecular flexibility index (Phi) is 11.2. The molecule has 0 bridgehead atoms. The molecule has 3 N–H and O–H groups in total. The zero-order valence-electron chi connectivity index (χ0n) is 26.0. The summed E-state index contributed by atoms with van der Waals surface area (Å²) in [6.45, 7) is 13.1. The molecule has 3 amide bonds. The molecule has 0 aliphatic carbocycles. The van der Waals surface area contributed by atoms with Crippen molar-refractivity contribution in [2.75, 3.05) is 11.9 Å². The van der Waals surface area contributed by atoms with Gasteiger partial charge in [0.1, 0.15) is 23.4 Å². The van der Waals surface area contributed by atoms with Crippen LogP contribution in [0.2, 0.25) is 5.02 Å². The van der Waals surface area contributed by atoms with Crippen molar-refractivity contribution in [3.05, 3.63) is 93.5 Å². The number of anilines is 1. The van der Waals surface area contributed by atoms with Crippen LogP contribution in [0.15, 0.2) is 60.7 Å². The topological polar surface area (TPSA) is 108 Å². The minimum absolute atomic E-state index is 0.0841. The molecule has 3 rings (SSSR count). The normalized spacial score (nSPS) is 12.7. The zero-order chi connectivity index (χ0) is 31.9. The second-order valence-electron chi connectivity index (χ2n) is 11.8. The maximum absolute atomic E-state index is 14.5. The number of hydrogen-bond donors (Lipinski definition) is 3. The van der Waals surface area contributed by atoms with Crippen molar-refractivity contribution < 1.29 is 24.2 Å². The Bertz CT molecular complexity index is 1430. The fourth-order valence-electron chi connectivity index (χ4n) is 4.89. The fourth-order valence-corrected chi connectivity index (χ4v) is 5.16. The van der Waals surface area contributed by atoms with Gasteiger partial charge >= 0.3 is 6.09 Å². The number of alkyl carbamates (subject to hydrolysis) is 1. The first-order valence-electron chi connectivity index (χ1n) is 14.4. The standard InChI is InChI=1S/C34H42ClN3O5/c1-8-18-38(32(41)28(36-33(42)43-34(5,6)7)20-24-13-15-25(39)16-14-24)30(26-17-12-21(2)19-23(26)4)31(40)37-29-22(3)10-9-11-27(29)35/h9-17,19,28,30,39H,8,18,20H2,1-7H3,(H,36,42)(H,37,40). The Balaban J connectivity index is 2.10. The van der Waals surface area contributed by atoms with Gasteiger partial charge in [-0.1, -0.05) is 66.6 Å². The molecule has 3 aromatic carbocycles. The van der Waals surface area contributed by atoms with E-state index < -0.39 is 35.6 Å². The van der Waals surface area contributed by atoms with E-state index in [4.69, 9.17) is 16.3 Å². The summed E-state index contributed by atoms with van der Waals surface area (Å²) in [7, 11) is 0. The Labute approximate surface area is 259 Å². The summed E-state index contributed by atoms with van der Waals surface area (Å²) >= 11 is 6.47. The van der Waals surface area contributed by atoms with Crippen LogP contribution in [0.5, 0.6) is 5.75 Å². The highest BCUT2D eigenvalue weighted by molar-refractivity contribution is 6.34. The van der Waals surface area contributed by atoms with Crippen LogP contribution in [-0.4, -0.2) is 46.1 Å². The van der Waals surface area contributed by atoms with E-state index in [9.17, 15) is 19.5 Å². The van der Waals surface area contributed by atoms with Crippen molar-refractivity contribution in [2.24, 2.45) is 0 Å². The number of ether oxygens (including phenoxy) is 1. The van der Waals surface area contributed by atoms with Crippen LogP contribution in [0, 0.1) is 20.8 Å². The van der Waals surface area contributed by atoms with Crippen LogP contribution in [0.1, 0.15) is 68.0 Å². The van der Waals surface area contributed by atoms with Crippen molar-refractivity contribution in [3.63, 3.8) is 0 Å². The summed E-state index contributed by atoms with van der Waals surface area (Å²) < 4.78 is 5.49. The van der Waals surface area contributed by atoms with Gasteiger partial charge in [-0.2, -0.15) is 0 Å². The third-order valence-electron chi connectivity index (χ3n) is 6.86. The average molecular weight is 608 g/mol. The molecule has 2 atom stereocenters. The number of aromatic hydroxyl groups is 1. The van der Waals surface area contributed by atoms with Crippen LogP contribution >= 0.6 is 11.6 Å². The van der Waals surface area contributed by atoms with Crippen LogP contribution in [0.3, 0.4) is 0 Å². The molecular formula is C34H42ClN3O5. The van der Waals surface area contributed by atoms with Gasteiger partial charge in [-0.25, -0.2) is 4.79 Å². The number of aryl methyl sites for hydroxylation is 3. The molecule has 0 spiro atoms. The number of nitrogens with one attached hydrogen (secondary N) is 2. The third-order valence-corrected chi connectivity index (χ3v) is 7.18. The molecule has 230 valence electrons. The maximum Gasteiger partial charge on any atom is 0.408 e. The highest BCUT2D eigenvalue weighted by Gasteiger charge is 2.37. The van der Waals surface area contributed by atoms with Crippen molar-refractivity contribution in [3.8, 4) is 5.75 Å². The molecule has 0 saturated carbocycles. The van der Waals surface area contributed by atoms with Crippen LogP contribution in [-0.2, 0) is 20.7 Å². The average Bonchev–Trinajstić information content (AvgIpc) is 2.91. The molecular weight excluding hydrogens is 566 g/mol. The predicted molar refractivity (Wildman–Crippen MR) is 170 cm³/mol. The van der Waals surface area contributed by atoms with Gasteiger partial charge < -0.3 is 25.4 Å². The molecule has 0 radical (unpaired) electrons. The Hall–Kier alpha value is -4.04. The first kappa shape index (κ1) is 33.5. The highest BCUT2D eigenvalue weighted by atomic mass is 35.5. The van der Waals surface area contributed by atoms with Crippen LogP contribution in [0.25, 0.3) is 0 Å². The molecule has 0 aromatic heterocycles. The Morgan fingerprint density at radius 1 is 0.977 bits per heavy atom. The summed E-state index contributed by atoms with van der Waals surface area (Å²) in [4.78, 5) is 43.1. The monoisotopic (exact) mass is 607 g/mol. The van der Waals surface area contributed by atoms with E-state index in [-0.39, 0.29) is 18.7 Å². The molecule has 9 heteroatoms. The number of phenols is 1. The van der Waals surface area contributed by atoms with E-state index in [0.29, 0.717) is 28.3 Å². The number of phenolic OH excluding ortho intramolecular Hbond substituents is 1. The van der Waals surface area contributed by atoms with Crippen molar-refractivity contribution >= 4 is 35.2 Å². The summed E-state index contributed by atoms with van der Waals surface area (Å²) in [6.07, 6.45) is -0.0758. The molecule has 0 fully saturated rings. The Morgan fingerprint density at radius 3 is 2.23 bits per heavy atom. The number of carbonyl (C=O) groups is 3. The van der Waals surface area contributed by atoms with E-state index in [1.165, 1.54) is 17.0 Å². The lowest BCUT2D eigenvalue weighted by atomic mass is 9.95. The Morgan fingerprint density at radius 2 is 1.65 bits per heavy atom. The molecule has 2 unspecified atom stereocenters. The van der Waals surface area contributed by atoms with Gasteiger partial charge in [-0.3, -0.25) is 9.59 Å². The van der Waals surface area contributed by atoms with E-state index >= 15 is 0 Å². The highest BCUT2D eigenvalue weighted by Crippen LogP contribution is 2.31. The van der Waals surface area contributed by atoms with Gasteiger partial charge in [0.2, 0.25) is 5.91 Å². The van der Waals surface area contributed by atoms with Crippen LogP contribution in [0.4, 0.5) is 10.5 Å². The lowest BCUT2D eigenvalue weighted by molar-refractivity contribution is -0.140. The fraction of sp³-hybridized carbons (Fsp3) is 0.382. The van der Waals surface area contributed by atoms with E-state index in [2.05, 4.69) is 10.6 Å². The van der Waals surface area contributed by atoms with E-state index in [1.54, 1.807) is 45.0 Å². The van der Waals surface area contributed by atoms with E-state index in [0.717, 1.165) is 16.7 Å². The maximum atomic E-state index is 14.5. The minimum Gasteiger partial charge on any atom is -0.508 e. The third kappa shape index (κ3) is 9.22. The first-order chi connectivity index (χ1) is 20.2. The SMILES string of the molecule is CCCN(C(=O)C(Cc1ccc(O)cc1)NC(=O)OC(C)(C)C)C(C(=O)Nc1c(C)cccc1Cl)c1ccc(C)cc1C. The molecule has 0 heterocycles. The molecule has 8 nitrogen and oxygen atoms in total. The lowest BCUT2D eigenvalue weighted by Gasteiger charge is -2.35. The number of halogens is 1. The second kappa shape index (κ2) is 14.4. The predicted octanol–water partition coefficient (Wildman–Crippen LogP) is 7.03. The summed E-state index contributed by atoms with van der Waals surface area (Å²) in [6, 6.07) is 15.4. The number of para-hydroxylation sites is 1. The van der Waals surface area contributed by atoms with Crippen molar-refractivity contribution in [2.45, 2.75) is 79.0 Å². The number of rotatable bonds is 10. The zero-order valence-corrected chi connectivity index (χ0v) is 26.7. The van der Waals surface area contributed by atoms with Gasteiger partial charge in [0.25, 0.3) is 5.91 Å². The number of carbonyl (C=O) groups excluding carboxylic acids is 3. The quantitative estimate of drug-likeness (QED) is 0.229. The van der Waals surface area contributed by atoms with Gasteiger partial charge in [0.15, 0.2) is 0 Å². The van der Waals surface area contributed by atoms with Crippen molar-refractivity contribution in [1.29, 1.82) is 0 Å². The number of nitrogens with zero attached hydrogens (tertiary/aromatic N) is 1. The second-order valence-corrected chi connectivity index (χ2v) is 12.2. The molecule has 0 aliphatic rings. The van der Waals surface area contributed by atoms with E-state index in [1.807, 2.05) is 52.0 Å². The molecule has 43 heavy (non-hydrogen) atoms. The van der Waals surface area contributed by atoms with Crippen molar-refractivity contribution in [1.82, 2.24) is 10.2 Å². The van der Waals surface area contributed by atoms with Gasteiger partial charge in [0.05, 0.1) is 10.7 Å². The van der Waals surface area contributed by atoms with Crippen LogP contribution < -0.4 is 10.6 Å². The minimum atomic E-state index is -1.06. The molecule has 0 saturated heterocycles. The lowest BCUT2D eigenvalue weighted by Crippen LogP contribution is -2.53. The number of benzene rings is 3. The number of hydrogen-bond acceptors (Lipinski definition) is 5. The van der Waals surface area contributed by atoms with Gasteiger partial charge in [0, 0.05) is 13.0 Å².